The van der Waals surface area contributed by atoms with Crippen LogP contribution in [0.5, 0.6) is 0 Å². The number of aliphatic hydroxyl groups excluding tert-OH is 2. The highest BCUT2D eigenvalue weighted by atomic mass is 32.2. The summed E-state index contributed by atoms with van der Waals surface area (Å²) in [7, 11) is -4.38. The molecule has 0 amide bonds. The fourth-order valence-corrected chi connectivity index (χ4v) is 3.80. The molecular formula is C16H16N2O8S. The number of carboxylic acids is 1. The molecule has 0 aliphatic rings. The smallest absolute Gasteiger partial charge is 0.337 e. The quantitative estimate of drug-likeness (QED) is 0.373. The van der Waals surface area contributed by atoms with E-state index in [0.717, 1.165) is 24.3 Å². The minimum absolute atomic E-state index is 0.133. The number of hydrogen-bond donors (Lipinski definition) is 4. The van der Waals surface area contributed by atoms with Crippen LogP contribution in [0.4, 0.5) is 5.69 Å². The first-order valence-electron chi connectivity index (χ1n) is 7.55. The lowest BCUT2D eigenvalue weighted by molar-refractivity contribution is -0.384. The third-order valence-corrected chi connectivity index (χ3v) is 5.28. The Morgan fingerprint density at radius 2 is 1.74 bits per heavy atom. The molecule has 0 fully saturated rings. The highest BCUT2D eigenvalue weighted by molar-refractivity contribution is 7.89. The monoisotopic (exact) mass is 396 g/mol. The number of non-ortho nitro benzene ring substituents is 1. The number of carbonyl (C=O) groups is 1. The van der Waals surface area contributed by atoms with Crippen molar-refractivity contribution in [1.82, 2.24) is 4.72 Å². The second-order valence-corrected chi connectivity index (χ2v) is 7.19. The summed E-state index contributed by atoms with van der Waals surface area (Å²) in [5.74, 6) is -1.45. The van der Waals surface area contributed by atoms with Crippen molar-refractivity contribution in [3.8, 4) is 0 Å². The van der Waals surface area contributed by atoms with Gasteiger partial charge in [0.05, 0.1) is 34.1 Å². The van der Waals surface area contributed by atoms with E-state index < -0.39 is 50.1 Å². The van der Waals surface area contributed by atoms with Gasteiger partial charge in [0, 0.05) is 12.1 Å². The zero-order valence-corrected chi connectivity index (χ0v) is 14.5. The normalized spacial score (nSPS) is 13.7. The van der Waals surface area contributed by atoms with Gasteiger partial charge >= 0.3 is 5.97 Å². The van der Waals surface area contributed by atoms with Crippen molar-refractivity contribution in [3.05, 3.63) is 69.8 Å². The van der Waals surface area contributed by atoms with Gasteiger partial charge in [-0.05, 0) is 29.8 Å². The molecule has 0 unspecified atom stereocenters. The molecule has 10 nitrogen and oxygen atoms in total. The largest absolute Gasteiger partial charge is 0.478 e. The number of sulfonamides is 1. The van der Waals surface area contributed by atoms with Crippen molar-refractivity contribution in [3.63, 3.8) is 0 Å². The summed E-state index contributed by atoms with van der Waals surface area (Å²) < 4.78 is 27.1. The van der Waals surface area contributed by atoms with Gasteiger partial charge in [0.25, 0.3) is 5.69 Å². The molecule has 0 aliphatic heterocycles. The summed E-state index contributed by atoms with van der Waals surface area (Å²) in [4.78, 5) is 20.7. The van der Waals surface area contributed by atoms with Gasteiger partial charge in [-0.1, -0.05) is 12.1 Å². The van der Waals surface area contributed by atoms with Crippen molar-refractivity contribution in [1.29, 1.82) is 0 Å². The molecule has 0 aromatic heterocycles. The second kappa shape index (κ2) is 8.22. The van der Waals surface area contributed by atoms with E-state index in [1.807, 2.05) is 0 Å². The van der Waals surface area contributed by atoms with E-state index >= 15 is 0 Å². The van der Waals surface area contributed by atoms with Crippen molar-refractivity contribution in [2.24, 2.45) is 0 Å². The Labute approximate surface area is 153 Å². The number of nitrogens with zero attached hydrogens (tertiary/aromatic N) is 1. The topological polar surface area (TPSA) is 167 Å². The van der Waals surface area contributed by atoms with E-state index in [0.29, 0.717) is 0 Å². The Balaban J connectivity index is 2.30. The maximum atomic E-state index is 12.5. The molecule has 0 saturated heterocycles. The third kappa shape index (κ3) is 4.65. The zero-order valence-electron chi connectivity index (χ0n) is 13.7. The SMILES string of the molecule is O=C(O)c1ccccc1S(=O)(=O)N[C@H](CO)[C@H](O)c1ccc([N+](=O)[O-])cc1. The Morgan fingerprint density at radius 3 is 2.26 bits per heavy atom. The summed E-state index contributed by atoms with van der Waals surface area (Å²) in [6.07, 6.45) is -1.53. The molecule has 2 aromatic carbocycles. The molecule has 27 heavy (non-hydrogen) atoms. The fraction of sp³-hybridized carbons (Fsp3) is 0.188. The van der Waals surface area contributed by atoms with Crippen molar-refractivity contribution in [2.75, 3.05) is 6.61 Å². The Kier molecular flexibility index (Phi) is 6.23. The molecule has 0 spiro atoms. The van der Waals surface area contributed by atoms with Crippen molar-refractivity contribution < 1.29 is 33.5 Å². The lowest BCUT2D eigenvalue weighted by Crippen LogP contribution is -2.42. The van der Waals surface area contributed by atoms with E-state index in [1.54, 1.807) is 0 Å². The van der Waals surface area contributed by atoms with Crippen LogP contribution < -0.4 is 4.72 Å². The molecule has 0 aliphatic carbocycles. The van der Waals surface area contributed by atoms with E-state index in [2.05, 4.69) is 4.72 Å². The van der Waals surface area contributed by atoms with E-state index in [9.17, 15) is 33.5 Å². The van der Waals surface area contributed by atoms with Gasteiger partial charge < -0.3 is 15.3 Å². The van der Waals surface area contributed by atoms with E-state index in [1.165, 1.54) is 24.3 Å². The molecule has 2 aromatic rings. The van der Waals surface area contributed by atoms with Crippen LogP contribution in [0.25, 0.3) is 0 Å². The van der Waals surface area contributed by atoms with Gasteiger partial charge in [-0.2, -0.15) is 0 Å². The zero-order chi connectivity index (χ0) is 20.2. The lowest BCUT2D eigenvalue weighted by Gasteiger charge is -2.22. The number of hydrogen-bond acceptors (Lipinski definition) is 7. The average Bonchev–Trinajstić information content (AvgIpc) is 2.65. The first-order chi connectivity index (χ1) is 12.7. The number of nitro groups is 1. The number of benzene rings is 2. The van der Waals surface area contributed by atoms with Crippen LogP contribution in [0.15, 0.2) is 53.4 Å². The standard InChI is InChI=1S/C16H16N2O8S/c19-9-13(15(20)10-5-7-11(8-6-10)18(23)24)17-27(25,26)14-4-2-1-3-12(14)16(21)22/h1-8,13,15,17,19-20H,9H2,(H,21,22)/t13-,15-/m1/s1. The molecule has 0 radical (unpaired) electrons. The van der Waals surface area contributed by atoms with E-state index in [4.69, 9.17) is 5.11 Å². The molecule has 0 heterocycles. The summed E-state index contributed by atoms with van der Waals surface area (Å²) in [5, 5.41) is 39.6. The Morgan fingerprint density at radius 1 is 1.15 bits per heavy atom. The predicted octanol–water partition coefficient (Wildman–Crippen LogP) is 0.666. The summed E-state index contributed by atoms with van der Waals surface area (Å²) >= 11 is 0. The van der Waals surface area contributed by atoms with Crippen LogP contribution in [-0.2, 0) is 10.0 Å². The van der Waals surface area contributed by atoms with E-state index in [-0.39, 0.29) is 11.3 Å². The predicted molar refractivity (Wildman–Crippen MR) is 92.7 cm³/mol. The molecule has 0 saturated carbocycles. The first kappa shape index (κ1) is 20.5. The number of rotatable bonds is 8. The summed E-state index contributed by atoms with van der Waals surface area (Å²) in [6.45, 7) is -0.799. The average molecular weight is 396 g/mol. The number of carboxylic acid groups (broad SMARTS) is 1. The van der Waals surface area contributed by atoms with Gasteiger partial charge in [-0.15, -0.1) is 0 Å². The Bertz CT molecular complexity index is 943. The van der Waals surface area contributed by atoms with Gasteiger partial charge in [-0.25, -0.2) is 17.9 Å². The number of nitro benzene ring substituents is 1. The van der Waals surface area contributed by atoms with Crippen molar-refractivity contribution in [2.45, 2.75) is 17.0 Å². The molecule has 4 N–H and O–H groups in total. The van der Waals surface area contributed by atoms with Crippen molar-refractivity contribution >= 4 is 21.7 Å². The van der Waals surface area contributed by atoms with Gasteiger partial charge in [0.2, 0.25) is 10.0 Å². The van der Waals surface area contributed by atoms with Crippen LogP contribution in [-0.4, -0.2) is 47.3 Å². The number of aromatic carboxylic acids is 1. The lowest BCUT2D eigenvalue weighted by atomic mass is 10.0. The summed E-state index contributed by atoms with van der Waals surface area (Å²) in [5.41, 5.74) is -0.553. The third-order valence-electron chi connectivity index (χ3n) is 3.74. The van der Waals surface area contributed by atoms with Crippen LogP contribution in [0.1, 0.15) is 22.0 Å². The molecule has 144 valence electrons. The van der Waals surface area contributed by atoms with Crippen LogP contribution in [0, 0.1) is 10.1 Å². The minimum Gasteiger partial charge on any atom is -0.478 e. The van der Waals surface area contributed by atoms with Gasteiger partial charge in [0.15, 0.2) is 0 Å². The first-order valence-corrected chi connectivity index (χ1v) is 9.03. The minimum atomic E-state index is -4.38. The highest BCUT2D eigenvalue weighted by Gasteiger charge is 2.29. The maximum absolute atomic E-state index is 12.5. The number of nitrogens with one attached hydrogen (secondary N) is 1. The number of aliphatic hydroxyl groups is 2. The molecule has 0 bridgehead atoms. The van der Waals surface area contributed by atoms with Gasteiger partial charge in [0.1, 0.15) is 0 Å². The molecule has 2 rings (SSSR count). The Hall–Kier alpha value is -2.86. The summed E-state index contributed by atoms with van der Waals surface area (Å²) in [6, 6.07) is 8.19. The molecule has 2 atom stereocenters. The molecule has 11 heteroatoms. The van der Waals surface area contributed by atoms with Gasteiger partial charge in [-0.3, -0.25) is 10.1 Å². The maximum Gasteiger partial charge on any atom is 0.337 e. The van der Waals surface area contributed by atoms with Crippen LogP contribution >= 0.6 is 0 Å². The second-order valence-electron chi connectivity index (χ2n) is 5.51. The van der Waals surface area contributed by atoms with Crippen LogP contribution in [0.2, 0.25) is 0 Å². The fourth-order valence-electron chi connectivity index (χ4n) is 2.37. The van der Waals surface area contributed by atoms with Crippen LogP contribution in [0.3, 0.4) is 0 Å². The molecular weight excluding hydrogens is 380 g/mol. The highest BCUT2D eigenvalue weighted by Crippen LogP contribution is 2.23.